The Labute approximate surface area is 73.9 Å². The lowest BCUT2D eigenvalue weighted by atomic mass is 9.68. The average molecular weight is 170 g/mol. The van der Waals surface area contributed by atoms with Crippen LogP contribution < -0.4 is 0 Å². The molecule has 2 unspecified atom stereocenters. The zero-order valence-corrected chi connectivity index (χ0v) is 8.04. The number of aliphatic hydroxyl groups is 2. The molecule has 12 heavy (non-hydrogen) atoms. The van der Waals surface area contributed by atoms with Crippen molar-refractivity contribution in [2.45, 2.75) is 33.3 Å². The van der Waals surface area contributed by atoms with Gasteiger partial charge < -0.3 is 10.2 Å². The molecule has 2 nitrogen and oxygen atoms in total. The van der Waals surface area contributed by atoms with E-state index in [1.165, 1.54) is 0 Å². The van der Waals surface area contributed by atoms with Crippen LogP contribution in [-0.4, -0.2) is 22.9 Å². The van der Waals surface area contributed by atoms with Gasteiger partial charge in [-0.05, 0) is 18.8 Å². The van der Waals surface area contributed by atoms with Crippen LogP contribution >= 0.6 is 0 Å². The maximum absolute atomic E-state index is 9.47. The predicted molar refractivity (Wildman–Crippen MR) is 48.7 cm³/mol. The average Bonchev–Trinajstić information content (AvgIpc) is 1.82. The lowest BCUT2D eigenvalue weighted by Crippen LogP contribution is -2.35. The Morgan fingerprint density at radius 1 is 1.58 bits per heavy atom. The van der Waals surface area contributed by atoms with Crippen LogP contribution in [0, 0.1) is 11.3 Å². The summed E-state index contributed by atoms with van der Waals surface area (Å²) in [5.74, 6) is 0.209. The summed E-state index contributed by atoms with van der Waals surface area (Å²) in [4.78, 5) is 0. The molecule has 0 heterocycles. The van der Waals surface area contributed by atoms with Crippen LogP contribution in [0.15, 0.2) is 11.6 Å². The molecule has 0 aliphatic heterocycles. The first kappa shape index (κ1) is 9.75. The molecule has 0 saturated carbocycles. The van der Waals surface area contributed by atoms with Crippen LogP contribution in [0.5, 0.6) is 0 Å². The highest BCUT2D eigenvalue weighted by Gasteiger charge is 2.35. The van der Waals surface area contributed by atoms with Gasteiger partial charge in [0.2, 0.25) is 0 Å². The molecule has 0 spiro atoms. The molecule has 70 valence electrons. The molecule has 0 aromatic carbocycles. The highest BCUT2D eigenvalue weighted by molar-refractivity contribution is 5.15. The molecule has 0 amide bonds. The Morgan fingerprint density at radius 2 is 2.17 bits per heavy atom. The van der Waals surface area contributed by atoms with Crippen LogP contribution in [0.1, 0.15) is 27.2 Å². The lowest BCUT2D eigenvalue weighted by molar-refractivity contribution is 0.0705. The second-order valence-corrected chi connectivity index (χ2v) is 4.41. The predicted octanol–water partition coefficient (Wildman–Crippen LogP) is 1.33. The maximum atomic E-state index is 9.47. The van der Waals surface area contributed by atoms with Gasteiger partial charge in [-0.1, -0.05) is 25.5 Å². The normalized spacial score (nSPS) is 34.6. The van der Waals surface area contributed by atoms with Crippen molar-refractivity contribution in [3.8, 4) is 0 Å². The van der Waals surface area contributed by atoms with E-state index in [9.17, 15) is 5.11 Å². The molecule has 2 heteroatoms. The molecule has 0 fully saturated rings. The Bertz CT molecular complexity index is 194. The third-order valence-corrected chi connectivity index (χ3v) is 2.87. The summed E-state index contributed by atoms with van der Waals surface area (Å²) in [7, 11) is 0. The minimum Gasteiger partial charge on any atom is -0.396 e. The zero-order chi connectivity index (χ0) is 9.35. The standard InChI is InChI=1S/C10H18O2/c1-7-4-8(12)5-10(2,3)9(7)6-11/h4,8-9,11-12H,5-6H2,1-3H3. The number of rotatable bonds is 1. The third kappa shape index (κ3) is 1.70. The molecule has 0 bridgehead atoms. The summed E-state index contributed by atoms with van der Waals surface area (Å²) in [6.45, 7) is 6.34. The summed E-state index contributed by atoms with van der Waals surface area (Å²) in [6, 6.07) is 0. The van der Waals surface area contributed by atoms with Gasteiger partial charge in [0.05, 0.1) is 12.7 Å². The van der Waals surface area contributed by atoms with Crippen LogP contribution in [0.4, 0.5) is 0 Å². The molecule has 0 saturated heterocycles. The van der Waals surface area contributed by atoms with E-state index in [1.54, 1.807) is 0 Å². The summed E-state index contributed by atoms with van der Waals surface area (Å²) < 4.78 is 0. The minimum absolute atomic E-state index is 0.0208. The summed E-state index contributed by atoms with van der Waals surface area (Å²) in [5, 5.41) is 18.6. The van der Waals surface area contributed by atoms with Gasteiger partial charge >= 0.3 is 0 Å². The first-order chi connectivity index (χ1) is 5.47. The van der Waals surface area contributed by atoms with E-state index in [2.05, 4.69) is 13.8 Å². The SMILES string of the molecule is CC1=CC(O)CC(C)(C)C1CO. The number of hydrogen-bond acceptors (Lipinski definition) is 2. The van der Waals surface area contributed by atoms with Crippen molar-refractivity contribution < 1.29 is 10.2 Å². The Morgan fingerprint density at radius 3 is 2.58 bits per heavy atom. The van der Waals surface area contributed by atoms with E-state index in [4.69, 9.17) is 5.11 Å². The molecule has 1 aliphatic carbocycles. The highest BCUT2D eigenvalue weighted by atomic mass is 16.3. The molecular weight excluding hydrogens is 152 g/mol. The molecule has 2 N–H and O–H groups in total. The molecule has 0 radical (unpaired) electrons. The number of hydrogen-bond donors (Lipinski definition) is 2. The molecule has 0 aromatic rings. The first-order valence-corrected chi connectivity index (χ1v) is 4.44. The fourth-order valence-corrected chi connectivity index (χ4v) is 2.17. The zero-order valence-electron chi connectivity index (χ0n) is 8.04. The molecule has 1 rings (SSSR count). The smallest absolute Gasteiger partial charge is 0.0728 e. The van der Waals surface area contributed by atoms with E-state index in [-0.39, 0.29) is 24.0 Å². The molecule has 2 atom stereocenters. The lowest BCUT2D eigenvalue weighted by Gasteiger charge is -2.39. The topological polar surface area (TPSA) is 40.5 Å². The van der Waals surface area contributed by atoms with Gasteiger partial charge in [-0.2, -0.15) is 0 Å². The Balaban J connectivity index is 2.88. The van der Waals surface area contributed by atoms with Crippen molar-refractivity contribution in [3.05, 3.63) is 11.6 Å². The Hall–Kier alpha value is -0.340. The Kier molecular flexibility index (Phi) is 2.59. The van der Waals surface area contributed by atoms with Gasteiger partial charge in [0.15, 0.2) is 0 Å². The largest absolute Gasteiger partial charge is 0.396 e. The van der Waals surface area contributed by atoms with Crippen LogP contribution in [0.3, 0.4) is 0 Å². The van der Waals surface area contributed by atoms with Crippen LogP contribution in [0.2, 0.25) is 0 Å². The fraction of sp³-hybridized carbons (Fsp3) is 0.800. The summed E-state index contributed by atoms with van der Waals surface area (Å²) in [5.41, 5.74) is 1.13. The molecule has 0 aromatic heterocycles. The van der Waals surface area contributed by atoms with E-state index in [1.807, 2.05) is 13.0 Å². The van der Waals surface area contributed by atoms with E-state index >= 15 is 0 Å². The summed E-state index contributed by atoms with van der Waals surface area (Å²) in [6.07, 6.45) is 2.27. The maximum Gasteiger partial charge on any atom is 0.0728 e. The van der Waals surface area contributed by atoms with Crippen molar-refractivity contribution in [1.29, 1.82) is 0 Å². The molecular formula is C10H18O2. The second kappa shape index (κ2) is 3.19. The minimum atomic E-state index is -0.331. The van der Waals surface area contributed by atoms with Crippen molar-refractivity contribution in [3.63, 3.8) is 0 Å². The highest BCUT2D eigenvalue weighted by Crippen LogP contribution is 2.40. The van der Waals surface area contributed by atoms with E-state index in [0.29, 0.717) is 0 Å². The van der Waals surface area contributed by atoms with Crippen molar-refractivity contribution in [2.75, 3.05) is 6.61 Å². The van der Waals surface area contributed by atoms with Crippen molar-refractivity contribution in [2.24, 2.45) is 11.3 Å². The van der Waals surface area contributed by atoms with E-state index < -0.39 is 0 Å². The van der Waals surface area contributed by atoms with Crippen LogP contribution in [-0.2, 0) is 0 Å². The monoisotopic (exact) mass is 170 g/mol. The van der Waals surface area contributed by atoms with Gasteiger partial charge in [-0.15, -0.1) is 0 Å². The fourth-order valence-electron chi connectivity index (χ4n) is 2.17. The van der Waals surface area contributed by atoms with Gasteiger partial charge in [-0.3, -0.25) is 0 Å². The third-order valence-electron chi connectivity index (χ3n) is 2.87. The van der Waals surface area contributed by atoms with Crippen LogP contribution in [0.25, 0.3) is 0 Å². The first-order valence-electron chi connectivity index (χ1n) is 4.44. The number of aliphatic hydroxyl groups excluding tert-OH is 2. The van der Waals surface area contributed by atoms with Gasteiger partial charge in [-0.25, -0.2) is 0 Å². The quantitative estimate of drug-likeness (QED) is 0.583. The van der Waals surface area contributed by atoms with Gasteiger partial charge in [0.25, 0.3) is 0 Å². The second-order valence-electron chi connectivity index (χ2n) is 4.41. The van der Waals surface area contributed by atoms with E-state index in [0.717, 1.165) is 12.0 Å². The van der Waals surface area contributed by atoms with Crippen molar-refractivity contribution >= 4 is 0 Å². The summed E-state index contributed by atoms with van der Waals surface area (Å²) >= 11 is 0. The molecule has 1 aliphatic rings. The van der Waals surface area contributed by atoms with Gasteiger partial charge in [0, 0.05) is 5.92 Å². The van der Waals surface area contributed by atoms with Crippen molar-refractivity contribution in [1.82, 2.24) is 0 Å². The van der Waals surface area contributed by atoms with Gasteiger partial charge in [0.1, 0.15) is 0 Å².